The Hall–Kier alpha value is -1.41. The Morgan fingerprint density at radius 1 is 0.829 bits per heavy atom. The Kier molecular flexibility index (Phi) is 12.7. The van der Waals surface area contributed by atoms with Crippen LogP contribution in [0.25, 0.3) is 0 Å². The highest BCUT2D eigenvalue weighted by Gasteiger charge is 2.52. The number of alkyl carbamates (subject to hydrolysis) is 1. The number of nitrogens with one attached hydrogen (secondary N) is 1. The molecule has 8 heteroatoms. The standard InChI is InChI=1S/C27H53NO6Si/c1-15-32-24(30)27(13,14)23(29)22(34-35(18(4)5,19(6)7)20(8)9)21(16-17(2)3)28-25(31)33-26(10,11)12/h17-22H,15-16H2,1-14H3,(H,28,31)/t21-,22+/m1/s1. The third-order valence-electron chi connectivity index (χ3n) is 6.49. The Balaban J connectivity index is 6.78. The van der Waals surface area contributed by atoms with E-state index in [9.17, 15) is 14.4 Å². The summed E-state index contributed by atoms with van der Waals surface area (Å²) in [7, 11) is -2.56. The minimum absolute atomic E-state index is 0.160. The summed E-state index contributed by atoms with van der Waals surface area (Å²) in [5.41, 5.74) is -1.49. The molecule has 2 atom stereocenters. The Labute approximate surface area is 215 Å². The van der Waals surface area contributed by atoms with Gasteiger partial charge < -0.3 is 19.2 Å². The van der Waals surface area contributed by atoms with E-state index >= 15 is 0 Å². The summed E-state index contributed by atoms with van der Waals surface area (Å²) >= 11 is 0. The molecule has 1 amide bonds. The Morgan fingerprint density at radius 3 is 1.63 bits per heavy atom. The zero-order valence-electron chi connectivity index (χ0n) is 24.8. The van der Waals surface area contributed by atoms with Gasteiger partial charge in [0.15, 0.2) is 5.78 Å². The van der Waals surface area contributed by atoms with E-state index in [0.717, 1.165) is 0 Å². The summed E-state index contributed by atoms with van der Waals surface area (Å²) in [5, 5.41) is 2.93. The lowest BCUT2D eigenvalue weighted by molar-refractivity contribution is -0.161. The van der Waals surface area contributed by atoms with Gasteiger partial charge >= 0.3 is 12.1 Å². The van der Waals surface area contributed by atoms with Crippen molar-refractivity contribution in [3.63, 3.8) is 0 Å². The van der Waals surface area contributed by atoms with Crippen LogP contribution in [0.2, 0.25) is 16.6 Å². The predicted octanol–water partition coefficient (Wildman–Crippen LogP) is 6.64. The summed E-state index contributed by atoms with van der Waals surface area (Å²) in [6.45, 7) is 27.3. The number of amides is 1. The van der Waals surface area contributed by atoms with Crippen LogP contribution >= 0.6 is 0 Å². The number of carbonyl (C=O) groups excluding carboxylic acids is 3. The van der Waals surface area contributed by atoms with E-state index in [1.807, 2.05) is 13.8 Å². The summed E-state index contributed by atoms with van der Waals surface area (Å²) in [6.07, 6.45) is -1.12. The van der Waals surface area contributed by atoms with Gasteiger partial charge in [-0.15, -0.1) is 0 Å². The molecule has 35 heavy (non-hydrogen) atoms. The van der Waals surface area contributed by atoms with E-state index in [4.69, 9.17) is 13.9 Å². The quantitative estimate of drug-likeness (QED) is 0.168. The lowest BCUT2D eigenvalue weighted by Crippen LogP contribution is -2.60. The van der Waals surface area contributed by atoms with E-state index in [2.05, 4.69) is 46.9 Å². The highest BCUT2D eigenvalue weighted by Crippen LogP contribution is 2.44. The van der Waals surface area contributed by atoms with Crippen LogP contribution in [-0.2, 0) is 23.5 Å². The average Bonchev–Trinajstić information content (AvgIpc) is 2.65. The third kappa shape index (κ3) is 9.19. The first kappa shape index (κ1) is 33.6. The van der Waals surface area contributed by atoms with E-state index in [-0.39, 0.29) is 34.9 Å². The summed E-state index contributed by atoms with van der Waals surface area (Å²) < 4.78 is 17.8. The van der Waals surface area contributed by atoms with Crippen molar-refractivity contribution in [3.8, 4) is 0 Å². The molecule has 0 unspecified atom stereocenters. The Bertz CT molecular complexity index is 687. The number of hydrogen-bond acceptors (Lipinski definition) is 6. The second-order valence-corrected chi connectivity index (χ2v) is 17.9. The monoisotopic (exact) mass is 515 g/mol. The molecule has 0 aliphatic heterocycles. The highest BCUT2D eigenvalue weighted by atomic mass is 28.4. The molecule has 0 saturated heterocycles. The molecule has 0 rings (SSSR count). The van der Waals surface area contributed by atoms with Crippen molar-refractivity contribution in [1.82, 2.24) is 5.32 Å². The van der Waals surface area contributed by atoms with Gasteiger partial charge in [0, 0.05) is 0 Å². The van der Waals surface area contributed by atoms with Gasteiger partial charge in [-0.2, -0.15) is 0 Å². The third-order valence-corrected chi connectivity index (χ3v) is 12.6. The molecule has 0 aromatic heterocycles. The fourth-order valence-corrected chi connectivity index (χ4v) is 10.5. The van der Waals surface area contributed by atoms with Crippen molar-refractivity contribution in [3.05, 3.63) is 0 Å². The maximum atomic E-state index is 14.1. The minimum atomic E-state index is -2.56. The van der Waals surface area contributed by atoms with Gasteiger partial charge in [0.05, 0.1) is 12.6 Å². The molecule has 0 aliphatic rings. The van der Waals surface area contributed by atoms with Crippen LogP contribution in [0.1, 0.15) is 103 Å². The molecule has 206 valence electrons. The van der Waals surface area contributed by atoms with Crippen molar-refractivity contribution in [2.75, 3.05) is 6.61 Å². The van der Waals surface area contributed by atoms with E-state index < -0.39 is 43.5 Å². The number of hydrogen-bond donors (Lipinski definition) is 1. The summed E-state index contributed by atoms with van der Waals surface area (Å²) in [6, 6.07) is -0.658. The first-order chi connectivity index (χ1) is 15.7. The van der Waals surface area contributed by atoms with Crippen LogP contribution in [-0.4, -0.2) is 50.5 Å². The van der Waals surface area contributed by atoms with E-state index in [1.54, 1.807) is 41.5 Å². The fourth-order valence-electron chi connectivity index (χ4n) is 4.94. The van der Waals surface area contributed by atoms with E-state index in [0.29, 0.717) is 6.42 Å². The largest absolute Gasteiger partial charge is 0.465 e. The fraction of sp³-hybridized carbons (Fsp3) is 0.889. The topological polar surface area (TPSA) is 90.9 Å². The SMILES string of the molecule is CCOC(=O)C(C)(C)C(=O)[C@@H](O[Si](C(C)C)(C(C)C)C(C)C)[C@@H](CC(C)C)NC(=O)OC(C)(C)C. The second-order valence-electron chi connectivity index (χ2n) is 12.4. The summed E-state index contributed by atoms with van der Waals surface area (Å²) in [5.74, 6) is -0.811. The van der Waals surface area contributed by atoms with Crippen LogP contribution in [0.4, 0.5) is 4.79 Å². The van der Waals surface area contributed by atoms with Crippen LogP contribution < -0.4 is 5.32 Å². The van der Waals surface area contributed by atoms with Crippen LogP contribution in [0, 0.1) is 11.3 Å². The van der Waals surface area contributed by atoms with Gasteiger partial charge in [-0.25, -0.2) is 4.79 Å². The van der Waals surface area contributed by atoms with Gasteiger partial charge in [-0.1, -0.05) is 55.4 Å². The Morgan fingerprint density at radius 2 is 1.29 bits per heavy atom. The van der Waals surface area contributed by atoms with Crippen molar-refractivity contribution < 1.29 is 28.3 Å². The van der Waals surface area contributed by atoms with Crippen molar-refractivity contribution in [2.45, 2.75) is 138 Å². The van der Waals surface area contributed by atoms with Crippen LogP contribution in [0.15, 0.2) is 0 Å². The lowest BCUT2D eigenvalue weighted by Gasteiger charge is -2.46. The smallest absolute Gasteiger partial charge is 0.407 e. The lowest BCUT2D eigenvalue weighted by atomic mass is 9.81. The molecule has 0 aromatic rings. The normalized spacial score (nSPS) is 14.9. The predicted molar refractivity (Wildman–Crippen MR) is 144 cm³/mol. The van der Waals surface area contributed by atoms with Crippen molar-refractivity contribution in [2.24, 2.45) is 11.3 Å². The molecule has 0 saturated carbocycles. The molecule has 0 aromatic carbocycles. The maximum Gasteiger partial charge on any atom is 0.407 e. The highest BCUT2D eigenvalue weighted by molar-refractivity contribution is 6.77. The zero-order valence-corrected chi connectivity index (χ0v) is 25.8. The van der Waals surface area contributed by atoms with Gasteiger partial charge in [-0.05, 0) is 70.5 Å². The second kappa shape index (κ2) is 13.2. The van der Waals surface area contributed by atoms with Crippen LogP contribution in [0.5, 0.6) is 0 Å². The molecule has 0 fully saturated rings. The number of rotatable bonds is 13. The average molecular weight is 516 g/mol. The zero-order chi connectivity index (χ0) is 27.9. The molecule has 0 spiro atoms. The van der Waals surface area contributed by atoms with Gasteiger partial charge in [0.1, 0.15) is 17.1 Å². The molecular formula is C27H53NO6Si. The summed E-state index contributed by atoms with van der Waals surface area (Å²) in [4.78, 5) is 39.8. The maximum absolute atomic E-state index is 14.1. The molecule has 0 aliphatic carbocycles. The van der Waals surface area contributed by atoms with Crippen molar-refractivity contribution in [1.29, 1.82) is 0 Å². The first-order valence-electron chi connectivity index (χ1n) is 13.1. The molecule has 1 N–H and O–H groups in total. The molecule has 7 nitrogen and oxygen atoms in total. The van der Waals surface area contributed by atoms with Crippen molar-refractivity contribution >= 4 is 26.2 Å². The molecule has 0 heterocycles. The minimum Gasteiger partial charge on any atom is -0.465 e. The number of Topliss-reactive ketones (excluding diaryl/α,β-unsaturated/α-hetero) is 1. The number of esters is 1. The number of ether oxygens (including phenoxy) is 2. The number of carbonyl (C=O) groups is 3. The molecular weight excluding hydrogens is 462 g/mol. The van der Waals surface area contributed by atoms with Crippen LogP contribution in [0.3, 0.4) is 0 Å². The van der Waals surface area contributed by atoms with E-state index in [1.165, 1.54) is 0 Å². The first-order valence-corrected chi connectivity index (χ1v) is 15.3. The van der Waals surface area contributed by atoms with Gasteiger partial charge in [-0.3, -0.25) is 9.59 Å². The number of ketones is 1. The van der Waals surface area contributed by atoms with Gasteiger partial charge in [0.2, 0.25) is 8.32 Å². The molecule has 0 radical (unpaired) electrons. The van der Waals surface area contributed by atoms with Gasteiger partial charge in [0.25, 0.3) is 0 Å². The molecule has 0 bridgehead atoms.